The lowest BCUT2D eigenvalue weighted by molar-refractivity contribution is 0.102. The van der Waals surface area contributed by atoms with Crippen LogP contribution in [0.25, 0.3) is 20.8 Å². The molecule has 0 fully saturated rings. The molecule has 0 radical (unpaired) electrons. The topological polar surface area (TPSA) is 74.7 Å². The summed E-state index contributed by atoms with van der Waals surface area (Å²) < 4.78 is 6.46. The van der Waals surface area contributed by atoms with Gasteiger partial charge in [0.1, 0.15) is 16.5 Å². The molecule has 30 heavy (non-hydrogen) atoms. The Bertz CT molecular complexity index is 1230. The number of benzene rings is 3. The Morgan fingerprint density at radius 3 is 2.67 bits per heavy atom. The van der Waals surface area contributed by atoms with E-state index >= 15 is 0 Å². The number of hydrogen-bond acceptors (Lipinski definition) is 6. The molecule has 7 heteroatoms. The highest BCUT2D eigenvalue weighted by molar-refractivity contribution is 7.21. The summed E-state index contributed by atoms with van der Waals surface area (Å²) in [6.45, 7) is 0. The number of ether oxygens (including phenoxy) is 1. The van der Waals surface area contributed by atoms with Crippen molar-refractivity contribution in [3.05, 3.63) is 66.2 Å². The highest BCUT2D eigenvalue weighted by Gasteiger charge is 2.16. The van der Waals surface area contributed by atoms with Crippen LogP contribution in [0.1, 0.15) is 10.4 Å². The maximum Gasteiger partial charge on any atom is 0.257 e. The number of aromatic hydroxyl groups is 1. The molecule has 1 heterocycles. The summed E-state index contributed by atoms with van der Waals surface area (Å²) in [5.41, 5.74) is 3.71. The van der Waals surface area contributed by atoms with Crippen LogP contribution < -0.4 is 15.0 Å². The SMILES string of the molecule is COc1cc(NC(=O)c2ccccc2N(C)C)ccc1-c1nc2ccc(O)cc2s1. The van der Waals surface area contributed by atoms with Crippen molar-refractivity contribution < 1.29 is 14.6 Å². The predicted molar refractivity (Wildman–Crippen MR) is 122 cm³/mol. The van der Waals surface area contributed by atoms with Gasteiger partial charge in [-0.2, -0.15) is 0 Å². The number of thiazole rings is 1. The number of aromatic nitrogens is 1. The Morgan fingerprint density at radius 1 is 1.10 bits per heavy atom. The number of phenolic OH excluding ortho intramolecular Hbond substituents is 1. The monoisotopic (exact) mass is 419 g/mol. The summed E-state index contributed by atoms with van der Waals surface area (Å²) >= 11 is 1.47. The fraction of sp³-hybridized carbons (Fsp3) is 0.130. The van der Waals surface area contributed by atoms with Crippen molar-refractivity contribution in [2.75, 3.05) is 31.4 Å². The first-order valence-electron chi connectivity index (χ1n) is 9.32. The first kappa shape index (κ1) is 19.7. The van der Waals surface area contributed by atoms with Crippen LogP contribution in [0.4, 0.5) is 11.4 Å². The van der Waals surface area contributed by atoms with Crippen molar-refractivity contribution in [3.8, 4) is 22.1 Å². The molecule has 4 aromatic rings. The number of fused-ring (bicyclic) bond motifs is 1. The lowest BCUT2D eigenvalue weighted by atomic mass is 10.1. The van der Waals surface area contributed by atoms with Crippen LogP contribution >= 0.6 is 11.3 Å². The number of nitrogens with one attached hydrogen (secondary N) is 1. The van der Waals surface area contributed by atoms with Crippen molar-refractivity contribution >= 4 is 38.8 Å². The summed E-state index contributed by atoms with van der Waals surface area (Å²) in [5, 5.41) is 13.4. The second-order valence-corrected chi connectivity index (χ2v) is 7.98. The fourth-order valence-corrected chi connectivity index (χ4v) is 4.26. The van der Waals surface area contributed by atoms with E-state index in [1.807, 2.05) is 49.3 Å². The standard InChI is InChI=1S/C23H21N3O3S/c1-26(2)19-7-5-4-6-16(19)22(28)24-14-8-10-17(20(12-14)29-3)23-25-18-11-9-15(27)13-21(18)30-23/h4-13,27H,1-3H3,(H,24,28). The zero-order valence-electron chi connectivity index (χ0n) is 16.8. The molecule has 1 aromatic heterocycles. The minimum atomic E-state index is -0.190. The van der Waals surface area contributed by atoms with Gasteiger partial charge in [-0.1, -0.05) is 12.1 Å². The zero-order valence-corrected chi connectivity index (χ0v) is 17.7. The van der Waals surface area contributed by atoms with E-state index in [9.17, 15) is 9.90 Å². The smallest absolute Gasteiger partial charge is 0.257 e. The Kier molecular flexibility index (Phi) is 5.29. The number of para-hydroxylation sites is 1. The molecule has 0 spiro atoms. The number of rotatable bonds is 5. The van der Waals surface area contributed by atoms with Gasteiger partial charge in [0.25, 0.3) is 5.91 Å². The van der Waals surface area contributed by atoms with Gasteiger partial charge in [0.2, 0.25) is 0 Å². The molecule has 0 unspecified atom stereocenters. The first-order chi connectivity index (χ1) is 14.5. The molecule has 0 atom stereocenters. The molecule has 152 valence electrons. The summed E-state index contributed by atoms with van der Waals surface area (Å²) in [6.07, 6.45) is 0. The molecule has 4 rings (SSSR count). The third-order valence-electron chi connectivity index (χ3n) is 4.69. The summed E-state index contributed by atoms with van der Waals surface area (Å²) in [4.78, 5) is 19.4. The molecule has 0 aliphatic carbocycles. The van der Waals surface area contributed by atoms with Crippen molar-refractivity contribution in [1.29, 1.82) is 0 Å². The van der Waals surface area contributed by atoms with E-state index in [-0.39, 0.29) is 11.7 Å². The Labute approximate surface area is 178 Å². The van der Waals surface area contributed by atoms with Crippen molar-refractivity contribution in [2.24, 2.45) is 0 Å². The quantitative estimate of drug-likeness (QED) is 0.476. The fourth-order valence-electron chi connectivity index (χ4n) is 3.23. The van der Waals surface area contributed by atoms with E-state index in [2.05, 4.69) is 10.3 Å². The molecule has 0 aliphatic heterocycles. The number of carbonyl (C=O) groups is 1. The Balaban J connectivity index is 1.64. The van der Waals surface area contributed by atoms with Crippen LogP contribution in [0.15, 0.2) is 60.7 Å². The zero-order chi connectivity index (χ0) is 21.3. The largest absolute Gasteiger partial charge is 0.508 e. The summed E-state index contributed by atoms with van der Waals surface area (Å²) in [7, 11) is 5.40. The lowest BCUT2D eigenvalue weighted by Gasteiger charge is -2.17. The maximum absolute atomic E-state index is 12.8. The number of anilines is 2. The van der Waals surface area contributed by atoms with Crippen LogP contribution in [0, 0.1) is 0 Å². The van der Waals surface area contributed by atoms with Gasteiger partial charge in [-0.25, -0.2) is 4.98 Å². The van der Waals surface area contributed by atoms with Crippen molar-refractivity contribution in [3.63, 3.8) is 0 Å². The number of hydrogen-bond donors (Lipinski definition) is 2. The number of carbonyl (C=O) groups excluding carboxylic acids is 1. The van der Waals surface area contributed by atoms with Crippen LogP contribution in [-0.2, 0) is 0 Å². The van der Waals surface area contributed by atoms with Crippen LogP contribution in [0.2, 0.25) is 0 Å². The number of methoxy groups -OCH3 is 1. The minimum Gasteiger partial charge on any atom is -0.508 e. The average molecular weight is 420 g/mol. The average Bonchev–Trinajstić information content (AvgIpc) is 3.16. The van der Waals surface area contributed by atoms with Gasteiger partial charge in [-0.3, -0.25) is 4.79 Å². The third kappa shape index (κ3) is 3.79. The van der Waals surface area contributed by atoms with E-state index in [4.69, 9.17) is 4.74 Å². The molecular weight excluding hydrogens is 398 g/mol. The molecule has 0 saturated heterocycles. The van der Waals surface area contributed by atoms with Crippen molar-refractivity contribution in [2.45, 2.75) is 0 Å². The van der Waals surface area contributed by atoms with Crippen LogP contribution in [0.3, 0.4) is 0 Å². The number of amides is 1. The van der Waals surface area contributed by atoms with Gasteiger partial charge in [-0.05, 0) is 42.5 Å². The second kappa shape index (κ2) is 8.04. The maximum atomic E-state index is 12.8. The third-order valence-corrected chi connectivity index (χ3v) is 5.74. The van der Waals surface area contributed by atoms with Crippen LogP contribution in [0.5, 0.6) is 11.5 Å². The molecule has 6 nitrogen and oxygen atoms in total. The van der Waals surface area contributed by atoms with Gasteiger partial charge in [0, 0.05) is 31.5 Å². The molecule has 3 aromatic carbocycles. The van der Waals surface area contributed by atoms with Gasteiger partial charge in [-0.15, -0.1) is 11.3 Å². The highest BCUT2D eigenvalue weighted by Crippen LogP contribution is 2.38. The van der Waals surface area contributed by atoms with Crippen LogP contribution in [-0.4, -0.2) is 37.2 Å². The van der Waals surface area contributed by atoms with Crippen molar-refractivity contribution in [1.82, 2.24) is 4.98 Å². The summed E-state index contributed by atoms with van der Waals surface area (Å²) in [5.74, 6) is 0.627. The van der Waals surface area contributed by atoms with E-state index in [1.165, 1.54) is 11.3 Å². The van der Waals surface area contributed by atoms with E-state index in [1.54, 1.807) is 37.4 Å². The van der Waals surface area contributed by atoms with Gasteiger partial charge >= 0.3 is 0 Å². The number of nitrogens with zero attached hydrogens (tertiary/aromatic N) is 2. The molecule has 0 bridgehead atoms. The normalized spacial score (nSPS) is 10.8. The van der Waals surface area contributed by atoms with E-state index < -0.39 is 0 Å². The number of phenols is 1. The predicted octanol–water partition coefficient (Wildman–Crippen LogP) is 5.00. The molecule has 1 amide bonds. The lowest BCUT2D eigenvalue weighted by Crippen LogP contribution is -2.18. The molecule has 2 N–H and O–H groups in total. The second-order valence-electron chi connectivity index (χ2n) is 6.95. The summed E-state index contributed by atoms with van der Waals surface area (Å²) in [6, 6.07) is 18.0. The minimum absolute atomic E-state index is 0.190. The van der Waals surface area contributed by atoms with Gasteiger partial charge < -0.3 is 20.1 Å². The van der Waals surface area contributed by atoms with Gasteiger partial charge in [0.05, 0.1) is 28.5 Å². The van der Waals surface area contributed by atoms with Gasteiger partial charge in [0.15, 0.2) is 0 Å². The molecule has 0 saturated carbocycles. The Hall–Kier alpha value is -3.58. The Morgan fingerprint density at radius 2 is 1.90 bits per heavy atom. The first-order valence-corrected chi connectivity index (χ1v) is 10.1. The molecule has 0 aliphatic rings. The van der Waals surface area contributed by atoms with E-state index in [0.717, 1.165) is 26.5 Å². The van der Waals surface area contributed by atoms with E-state index in [0.29, 0.717) is 17.0 Å². The highest BCUT2D eigenvalue weighted by atomic mass is 32.1. The molecular formula is C23H21N3O3S.